The van der Waals surface area contributed by atoms with E-state index in [1.807, 2.05) is 43.3 Å². The van der Waals surface area contributed by atoms with Crippen LogP contribution in [0, 0.1) is 6.92 Å². The number of halogens is 1. The zero-order chi connectivity index (χ0) is 20.7. The lowest BCUT2D eigenvalue weighted by Gasteiger charge is -2.07. The number of carbonyl (C=O) groups excluding carboxylic acids is 1. The van der Waals surface area contributed by atoms with Crippen molar-refractivity contribution in [3.8, 4) is 11.5 Å². The number of hydrogen-bond donors (Lipinski definition) is 1. The fraction of sp³-hybridized carbons (Fsp3) is 0.0400. The van der Waals surface area contributed by atoms with E-state index in [1.54, 1.807) is 24.3 Å². The minimum Gasteiger partial charge on any atom is -0.436 e. The highest BCUT2D eigenvalue weighted by Gasteiger charge is 2.14. The summed E-state index contributed by atoms with van der Waals surface area (Å²) in [6.07, 6.45) is 0. The number of nitrogens with zero attached hydrogens (tertiary/aromatic N) is 1. The fourth-order valence-electron chi connectivity index (χ4n) is 3.54. The molecule has 0 saturated heterocycles. The van der Waals surface area contributed by atoms with Crippen molar-refractivity contribution < 1.29 is 9.21 Å². The van der Waals surface area contributed by atoms with E-state index in [9.17, 15) is 4.79 Å². The second-order valence-corrected chi connectivity index (χ2v) is 7.57. The molecule has 5 heteroatoms. The molecule has 0 unspecified atom stereocenters. The van der Waals surface area contributed by atoms with E-state index >= 15 is 0 Å². The lowest BCUT2D eigenvalue weighted by Crippen LogP contribution is -2.12. The van der Waals surface area contributed by atoms with Crippen LogP contribution in [0.1, 0.15) is 15.9 Å². The quantitative estimate of drug-likeness (QED) is 0.352. The van der Waals surface area contributed by atoms with Crippen molar-refractivity contribution >= 4 is 45.1 Å². The van der Waals surface area contributed by atoms with Crippen LogP contribution in [0.3, 0.4) is 0 Å². The third kappa shape index (κ3) is 3.31. The van der Waals surface area contributed by atoms with Gasteiger partial charge in [-0.05, 0) is 59.7 Å². The molecule has 0 aliphatic rings. The number of rotatable bonds is 3. The van der Waals surface area contributed by atoms with Crippen molar-refractivity contribution in [2.45, 2.75) is 6.92 Å². The molecular formula is C25H17ClN2O2. The van der Waals surface area contributed by atoms with Gasteiger partial charge in [-0.25, -0.2) is 4.98 Å². The molecule has 1 N–H and O–H groups in total. The molecule has 146 valence electrons. The number of hydrogen-bond acceptors (Lipinski definition) is 3. The molecule has 0 bridgehead atoms. The molecule has 1 aromatic heterocycles. The Morgan fingerprint density at radius 3 is 2.67 bits per heavy atom. The van der Waals surface area contributed by atoms with E-state index in [4.69, 9.17) is 16.0 Å². The summed E-state index contributed by atoms with van der Waals surface area (Å²) >= 11 is 6.22. The van der Waals surface area contributed by atoms with Crippen LogP contribution in [0.15, 0.2) is 83.3 Å². The van der Waals surface area contributed by atoms with Crippen molar-refractivity contribution in [3.63, 3.8) is 0 Å². The summed E-state index contributed by atoms with van der Waals surface area (Å²) in [6, 6.07) is 24.9. The summed E-state index contributed by atoms with van der Waals surface area (Å²) < 4.78 is 5.99. The second kappa shape index (κ2) is 7.32. The first-order chi connectivity index (χ1) is 14.6. The third-order valence-electron chi connectivity index (χ3n) is 5.03. The molecule has 30 heavy (non-hydrogen) atoms. The van der Waals surface area contributed by atoms with Gasteiger partial charge in [-0.15, -0.1) is 0 Å². The lowest BCUT2D eigenvalue weighted by atomic mass is 10.0. The smallest absolute Gasteiger partial charge is 0.257 e. The van der Waals surface area contributed by atoms with Crippen LogP contribution in [0.4, 0.5) is 5.69 Å². The summed E-state index contributed by atoms with van der Waals surface area (Å²) in [5.74, 6) is 0.281. The Labute approximate surface area is 178 Å². The van der Waals surface area contributed by atoms with Gasteiger partial charge < -0.3 is 9.73 Å². The average Bonchev–Trinajstić information content (AvgIpc) is 3.16. The molecule has 0 saturated carbocycles. The van der Waals surface area contributed by atoms with Gasteiger partial charge in [0, 0.05) is 11.3 Å². The van der Waals surface area contributed by atoms with Gasteiger partial charge in [-0.2, -0.15) is 0 Å². The first kappa shape index (κ1) is 18.4. The van der Waals surface area contributed by atoms with E-state index < -0.39 is 0 Å². The van der Waals surface area contributed by atoms with Gasteiger partial charge >= 0.3 is 0 Å². The molecule has 0 radical (unpaired) electrons. The van der Waals surface area contributed by atoms with Gasteiger partial charge in [0.25, 0.3) is 5.91 Å². The first-order valence-electron chi connectivity index (χ1n) is 9.55. The minimum atomic E-state index is -0.267. The van der Waals surface area contributed by atoms with E-state index in [2.05, 4.69) is 28.5 Å². The highest BCUT2D eigenvalue weighted by Crippen LogP contribution is 2.31. The molecule has 0 fully saturated rings. The second-order valence-electron chi connectivity index (χ2n) is 7.17. The number of amides is 1. The summed E-state index contributed by atoms with van der Waals surface area (Å²) in [6.45, 7) is 1.93. The van der Waals surface area contributed by atoms with Crippen molar-refractivity contribution in [1.29, 1.82) is 0 Å². The van der Waals surface area contributed by atoms with Crippen LogP contribution in [-0.2, 0) is 0 Å². The van der Waals surface area contributed by atoms with Crippen LogP contribution in [0.2, 0.25) is 5.02 Å². The maximum Gasteiger partial charge on any atom is 0.257 e. The van der Waals surface area contributed by atoms with Crippen LogP contribution < -0.4 is 5.32 Å². The first-order valence-corrected chi connectivity index (χ1v) is 9.92. The number of nitrogens with one attached hydrogen (secondary N) is 1. The summed E-state index contributed by atoms with van der Waals surface area (Å²) in [5.41, 5.74) is 4.32. The molecule has 5 rings (SSSR count). The third-order valence-corrected chi connectivity index (χ3v) is 5.35. The number of aryl methyl sites for hydroxylation is 1. The highest BCUT2D eigenvalue weighted by atomic mass is 35.5. The molecule has 0 aliphatic carbocycles. The minimum absolute atomic E-state index is 0.267. The molecular weight excluding hydrogens is 396 g/mol. The maximum absolute atomic E-state index is 12.6. The van der Waals surface area contributed by atoms with Crippen molar-refractivity contribution in [2.75, 3.05) is 5.32 Å². The van der Waals surface area contributed by atoms with Crippen molar-refractivity contribution in [3.05, 3.63) is 95.0 Å². The van der Waals surface area contributed by atoms with Gasteiger partial charge in [0.2, 0.25) is 5.89 Å². The Balaban J connectivity index is 1.49. The number of fused-ring (bicyclic) bond motifs is 2. The number of carbonyl (C=O) groups is 1. The van der Waals surface area contributed by atoms with Crippen LogP contribution >= 0.6 is 11.6 Å². The highest BCUT2D eigenvalue weighted by molar-refractivity contribution is 6.34. The van der Waals surface area contributed by atoms with Crippen LogP contribution in [0.5, 0.6) is 0 Å². The molecule has 4 nitrogen and oxygen atoms in total. The predicted molar refractivity (Wildman–Crippen MR) is 121 cm³/mol. The molecule has 0 aliphatic heterocycles. The molecule has 1 amide bonds. The topological polar surface area (TPSA) is 55.1 Å². The zero-order valence-corrected chi connectivity index (χ0v) is 16.9. The number of anilines is 1. The monoisotopic (exact) mass is 412 g/mol. The maximum atomic E-state index is 12.6. The van der Waals surface area contributed by atoms with Gasteiger partial charge in [0.05, 0.1) is 10.6 Å². The van der Waals surface area contributed by atoms with Crippen LogP contribution in [0.25, 0.3) is 33.3 Å². The van der Waals surface area contributed by atoms with Gasteiger partial charge in [-0.1, -0.05) is 54.1 Å². The predicted octanol–water partition coefficient (Wildman–Crippen LogP) is 6.86. The Morgan fingerprint density at radius 1 is 0.967 bits per heavy atom. The van der Waals surface area contributed by atoms with Gasteiger partial charge in [0.1, 0.15) is 5.52 Å². The normalized spacial score (nSPS) is 11.1. The SMILES string of the molecule is Cc1ccc(C(=O)Nc2ccc3oc(-c4cccc5ccccc45)nc3c2)c(Cl)c1. The largest absolute Gasteiger partial charge is 0.436 e. The number of benzene rings is 4. The molecule has 0 spiro atoms. The molecule has 0 atom stereocenters. The Kier molecular flexibility index (Phi) is 4.49. The summed E-state index contributed by atoms with van der Waals surface area (Å²) in [5, 5.41) is 5.51. The number of aromatic nitrogens is 1. The summed E-state index contributed by atoms with van der Waals surface area (Å²) in [4.78, 5) is 17.3. The fourth-order valence-corrected chi connectivity index (χ4v) is 3.86. The average molecular weight is 413 g/mol. The molecule has 1 heterocycles. The standard InChI is InChI=1S/C25H17ClN2O2/c1-15-9-11-20(21(26)13-15)24(29)27-17-10-12-23-22(14-17)28-25(30-23)19-8-4-6-16-5-2-3-7-18(16)19/h2-14H,1H3,(H,27,29). The van der Waals surface area contributed by atoms with Gasteiger partial charge in [0.15, 0.2) is 5.58 Å². The Hall–Kier alpha value is -3.63. The van der Waals surface area contributed by atoms with E-state index in [1.165, 1.54) is 0 Å². The molecule has 5 aromatic rings. The van der Waals surface area contributed by atoms with Crippen LogP contribution in [-0.4, -0.2) is 10.9 Å². The molecule has 4 aromatic carbocycles. The Morgan fingerprint density at radius 2 is 1.80 bits per heavy atom. The van der Waals surface area contributed by atoms with Crippen molar-refractivity contribution in [1.82, 2.24) is 4.98 Å². The lowest BCUT2D eigenvalue weighted by molar-refractivity contribution is 0.102. The van der Waals surface area contributed by atoms with E-state index in [0.29, 0.717) is 33.3 Å². The number of oxazole rings is 1. The summed E-state index contributed by atoms with van der Waals surface area (Å²) in [7, 11) is 0. The van der Waals surface area contributed by atoms with E-state index in [-0.39, 0.29) is 5.91 Å². The Bertz CT molecular complexity index is 1420. The van der Waals surface area contributed by atoms with Crippen molar-refractivity contribution in [2.24, 2.45) is 0 Å². The van der Waals surface area contributed by atoms with E-state index in [0.717, 1.165) is 21.9 Å². The zero-order valence-electron chi connectivity index (χ0n) is 16.1. The van der Waals surface area contributed by atoms with Gasteiger partial charge in [-0.3, -0.25) is 4.79 Å².